The van der Waals surface area contributed by atoms with Crippen molar-refractivity contribution in [1.29, 1.82) is 0 Å². The highest BCUT2D eigenvalue weighted by atomic mass is 16.2. The predicted octanol–water partition coefficient (Wildman–Crippen LogP) is 1.97. The Bertz CT molecular complexity index is 748. The lowest BCUT2D eigenvalue weighted by Crippen LogP contribution is -2.36. The predicted molar refractivity (Wildman–Crippen MR) is 98.0 cm³/mol. The molecular weight excluding hydrogens is 314 g/mol. The molecular formula is C19H25N5O. The van der Waals surface area contributed by atoms with Gasteiger partial charge in [-0.25, -0.2) is 9.97 Å². The summed E-state index contributed by atoms with van der Waals surface area (Å²) in [5.41, 5.74) is 7.65. The van der Waals surface area contributed by atoms with Crippen molar-refractivity contribution in [2.75, 3.05) is 25.9 Å². The first-order valence-electron chi connectivity index (χ1n) is 8.73. The molecule has 0 unspecified atom stereocenters. The van der Waals surface area contributed by atoms with Crippen LogP contribution >= 0.6 is 0 Å². The molecule has 1 amide bonds. The first kappa shape index (κ1) is 17.4. The third-order valence-electron chi connectivity index (χ3n) is 4.82. The highest BCUT2D eigenvalue weighted by molar-refractivity contribution is 5.95. The molecule has 2 heterocycles. The molecule has 0 spiro atoms. The molecule has 0 saturated carbocycles. The molecule has 0 radical (unpaired) electrons. The summed E-state index contributed by atoms with van der Waals surface area (Å²) in [6.45, 7) is 4.22. The fraction of sp³-hybridized carbons (Fsp3) is 0.421. The third-order valence-corrected chi connectivity index (χ3v) is 4.82. The van der Waals surface area contributed by atoms with E-state index in [4.69, 9.17) is 5.73 Å². The molecule has 25 heavy (non-hydrogen) atoms. The molecule has 1 aromatic heterocycles. The van der Waals surface area contributed by atoms with E-state index in [1.54, 1.807) is 12.3 Å². The third kappa shape index (κ3) is 3.96. The highest BCUT2D eigenvalue weighted by Crippen LogP contribution is 2.20. The van der Waals surface area contributed by atoms with Gasteiger partial charge in [-0.1, -0.05) is 25.1 Å². The van der Waals surface area contributed by atoms with Gasteiger partial charge in [-0.05, 0) is 37.6 Å². The molecule has 0 aliphatic carbocycles. The molecule has 3 rings (SSSR count). The number of amides is 1. The lowest BCUT2D eigenvalue weighted by Gasteiger charge is -2.24. The first-order chi connectivity index (χ1) is 12.1. The maximum Gasteiger partial charge on any atom is 0.254 e. The Morgan fingerprint density at radius 3 is 2.92 bits per heavy atom. The number of benzene rings is 1. The Morgan fingerprint density at radius 2 is 2.16 bits per heavy atom. The number of nitrogen functional groups attached to an aromatic ring is 1. The number of anilines is 1. The van der Waals surface area contributed by atoms with Crippen LogP contribution in [0.25, 0.3) is 0 Å². The number of likely N-dealkylation sites (N-methyl/N-ethyl adjacent to an activating group) is 1. The van der Waals surface area contributed by atoms with Gasteiger partial charge in [0.05, 0.1) is 6.54 Å². The molecule has 132 valence electrons. The van der Waals surface area contributed by atoms with Gasteiger partial charge in [-0.3, -0.25) is 9.69 Å². The lowest BCUT2D eigenvalue weighted by molar-refractivity contribution is 0.0778. The summed E-state index contributed by atoms with van der Waals surface area (Å²) in [4.78, 5) is 25.5. The average Bonchev–Trinajstić information content (AvgIpc) is 3.11. The number of nitrogens with zero attached hydrogens (tertiary/aromatic N) is 4. The van der Waals surface area contributed by atoms with Gasteiger partial charge in [-0.15, -0.1) is 0 Å². The molecule has 1 atom stereocenters. The van der Waals surface area contributed by atoms with Gasteiger partial charge in [0.2, 0.25) is 0 Å². The van der Waals surface area contributed by atoms with Crippen molar-refractivity contribution < 1.29 is 4.79 Å². The molecule has 2 N–H and O–H groups in total. The van der Waals surface area contributed by atoms with E-state index in [-0.39, 0.29) is 5.91 Å². The van der Waals surface area contributed by atoms with Crippen LogP contribution in [0.5, 0.6) is 0 Å². The molecule has 1 aromatic carbocycles. The topological polar surface area (TPSA) is 75.4 Å². The zero-order valence-corrected chi connectivity index (χ0v) is 14.9. The normalized spacial score (nSPS) is 17.2. The zero-order chi connectivity index (χ0) is 17.8. The Kier molecular flexibility index (Phi) is 5.28. The quantitative estimate of drug-likeness (QED) is 0.901. The van der Waals surface area contributed by atoms with Crippen LogP contribution in [0.15, 0.2) is 36.5 Å². The number of aryl methyl sites for hydroxylation is 1. The van der Waals surface area contributed by atoms with E-state index in [1.165, 1.54) is 0 Å². The van der Waals surface area contributed by atoms with Gasteiger partial charge in [0.1, 0.15) is 11.6 Å². The maximum atomic E-state index is 12.9. The van der Waals surface area contributed by atoms with E-state index in [0.717, 1.165) is 37.1 Å². The minimum atomic E-state index is 0.133. The van der Waals surface area contributed by atoms with Crippen LogP contribution in [0.1, 0.15) is 35.1 Å². The first-order valence-corrected chi connectivity index (χ1v) is 8.73. The molecule has 6 heteroatoms. The second-order valence-corrected chi connectivity index (χ2v) is 6.52. The number of aromatic nitrogens is 2. The van der Waals surface area contributed by atoms with Crippen molar-refractivity contribution >= 4 is 11.7 Å². The SMILES string of the molecule is CCc1ccccc1C(=O)N1CC[C@@H](N(C)Cc2nccc(N)n2)C1. The number of carbonyl (C=O) groups excluding carboxylic acids is 1. The van der Waals surface area contributed by atoms with Crippen molar-refractivity contribution in [3.8, 4) is 0 Å². The Labute approximate surface area is 148 Å². The number of likely N-dealkylation sites (tertiary alicyclic amines) is 1. The average molecular weight is 339 g/mol. The summed E-state index contributed by atoms with van der Waals surface area (Å²) in [6.07, 6.45) is 3.50. The van der Waals surface area contributed by atoms with E-state index in [0.29, 0.717) is 24.2 Å². The monoisotopic (exact) mass is 339 g/mol. The number of nitrogens with two attached hydrogens (primary N) is 1. The van der Waals surface area contributed by atoms with E-state index in [9.17, 15) is 4.79 Å². The summed E-state index contributed by atoms with van der Waals surface area (Å²) >= 11 is 0. The van der Waals surface area contributed by atoms with Gasteiger partial charge in [-0.2, -0.15) is 0 Å². The molecule has 2 aromatic rings. The number of hydrogen-bond acceptors (Lipinski definition) is 5. The highest BCUT2D eigenvalue weighted by Gasteiger charge is 2.30. The Hall–Kier alpha value is -2.47. The fourth-order valence-corrected chi connectivity index (χ4v) is 3.34. The maximum absolute atomic E-state index is 12.9. The number of hydrogen-bond donors (Lipinski definition) is 1. The minimum Gasteiger partial charge on any atom is -0.384 e. The Balaban J connectivity index is 1.64. The van der Waals surface area contributed by atoms with E-state index in [2.05, 4.69) is 21.8 Å². The van der Waals surface area contributed by atoms with Crippen LogP contribution < -0.4 is 5.73 Å². The molecule has 1 aliphatic heterocycles. The van der Waals surface area contributed by atoms with Gasteiger partial charge in [0.15, 0.2) is 0 Å². The van der Waals surface area contributed by atoms with Crippen LogP contribution in [-0.2, 0) is 13.0 Å². The van der Waals surface area contributed by atoms with Crippen molar-refractivity contribution in [3.05, 3.63) is 53.5 Å². The van der Waals surface area contributed by atoms with Crippen molar-refractivity contribution in [2.45, 2.75) is 32.4 Å². The van der Waals surface area contributed by atoms with Gasteiger partial charge < -0.3 is 10.6 Å². The second kappa shape index (κ2) is 7.61. The van der Waals surface area contributed by atoms with E-state index in [1.807, 2.05) is 36.2 Å². The van der Waals surface area contributed by atoms with Crippen LogP contribution in [0.4, 0.5) is 5.82 Å². The molecule has 1 fully saturated rings. The second-order valence-electron chi connectivity index (χ2n) is 6.52. The smallest absolute Gasteiger partial charge is 0.254 e. The minimum absolute atomic E-state index is 0.133. The van der Waals surface area contributed by atoms with Crippen LogP contribution in [0.2, 0.25) is 0 Å². The summed E-state index contributed by atoms with van der Waals surface area (Å²) in [7, 11) is 2.05. The number of rotatable bonds is 5. The largest absolute Gasteiger partial charge is 0.384 e. The van der Waals surface area contributed by atoms with Gasteiger partial charge in [0, 0.05) is 30.9 Å². The van der Waals surface area contributed by atoms with Crippen molar-refractivity contribution in [3.63, 3.8) is 0 Å². The summed E-state index contributed by atoms with van der Waals surface area (Å²) in [5.74, 6) is 1.33. The van der Waals surface area contributed by atoms with Crippen molar-refractivity contribution in [1.82, 2.24) is 19.8 Å². The zero-order valence-electron chi connectivity index (χ0n) is 14.9. The van der Waals surface area contributed by atoms with Gasteiger partial charge >= 0.3 is 0 Å². The summed E-state index contributed by atoms with van der Waals surface area (Å²) in [6, 6.07) is 9.88. The Morgan fingerprint density at radius 1 is 1.36 bits per heavy atom. The lowest BCUT2D eigenvalue weighted by atomic mass is 10.0. The van der Waals surface area contributed by atoms with Gasteiger partial charge in [0.25, 0.3) is 5.91 Å². The molecule has 1 saturated heterocycles. The van der Waals surface area contributed by atoms with Crippen LogP contribution in [0, 0.1) is 0 Å². The molecule has 1 aliphatic rings. The van der Waals surface area contributed by atoms with Crippen LogP contribution in [-0.4, -0.2) is 51.9 Å². The number of carbonyl (C=O) groups is 1. The van der Waals surface area contributed by atoms with Crippen molar-refractivity contribution in [2.24, 2.45) is 0 Å². The fourth-order valence-electron chi connectivity index (χ4n) is 3.34. The van der Waals surface area contributed by atoms with Crippen LogP contribution in [0.3, 0.4) is 0 Å². The molecule has 0 bridgehead atoms. The summed E-state index contributed by atoms with van der Waals surface area (Å²) in [5, 5.41) is 0. The van der Waals surface area contributed by atoms with E-state index >= 15 is 0 Å². The molecule has 6 nitrogen and oxygen atoms in total. The standard InChI is InChI=1S/C19H25N5O/c1-3-14-6-4-5-7-16(14)19(25)24-11-9-15(12-24)23(2)13-18-21-10-8-17(20)22-18/h4-8,10,15H,3,9,11-13H2,1-2H3,(H2,20,21,22)/t15-/m1/s1. The summed E-state index contributed by atoms with van der Waals surface area (Å²) < 4.78 is 0. The van der Waals surface area contributed by atoms with E-state index < -0.39 is 0 Å².